The molecule has 1 saturated heterocycles. The summed E-state index contributed by atoms with van der Waals surface area (Å²) in [6, 6.07) is 4.47. The number of carbonyl (C=O) groups excluding carboxylic acids is 1. The van der Waals surface area contributed by atoms with E-state index in [-0.39, 0.29) is 36.1 Å². The van der Waals surface area contributed by atoms with Crippen molar-refractivity contribution in [3.63, 3.8) is 0 Å². The summed E-state index contributed by atoms with van der Waals surface area (Å²) in [5.41, 5.74) is 7.39. The summed E-state index contributed by atoms with van der Waals surface area (Å²) >= 11 is 0. The van der Waals surface area contributed by atoms with Crippen LogP contribution in [0.4, 0.5) is 0 Å². The number of nitrogens with two attached hydrogens (primary N) is 1. The first-order chi connectivity index (χ1) is 12.2. The third-order valence-corrected chi connectivity index (χ3v) is 5.99. The van der Waals surface area contributed by atoms with Crippen molar-refractivity contribution in [1.29, 1.82) is 0 Å². The van der Waals surface area contributed by atoms with Crippen LogP contribution in [0.3, 0.4) is 0 Å². The quantitative estimate of drug-likeness (QED) is 0.745. The highest BCUT2D eigenvalue weighted by molar-refractivity contribution is 5.85. The van der Waals surface area contributed by atoms with Crippen molar-refractivity contribution < 1.29 is 4.79 Å². The van der Waals surface area contributed by atoms with Gasteiger partial charge in [0.2, 0.25) is 5.91 Å². The smallest absolute Gasteiger partial charge is 0.220 e. The van der Waals surface area contributed by atoms with Crippen molar-refractivity contribution in [2.24, 2.45) is 11.1 Å². The van der Waals surface area contributed by atoms with Gasteiger partial charge in [-0.2, -0.15) is 0 Å². The molecule has 1 aliphatic carbocycles. The number of amides is 1. The van der Waals surface area contributed by atoms with Gasteiger partial charge in [0, 0.05) is 44.5 Å². The predicted molar refractivity (Wildman–Crippen MR) is 114 cm³/mol. The molecule has 1 aliphatic heterocycles. The van der Waals surface area contributed by atoms with Gasteiger partial charge < -0.3 is 11.1 Å². The lowest BCUT2D eigenvalue weighted by Gasteiger charge is -2.37. The van der Waals surface area contributed by atoms with Crippen molar-refractivity contribution >= 4 is 30.7 Å². The molecule has 3 N–H and O–H groups in total. The molecular weight excluding hydrogens is 383 g/mol. The predicted octanol–water partition coefficient (Wildman–Crippen LogP) is 3.31. The van der Waals surface area contributed by atoms with Gasteiger partial charge in [-0.1, -0.05) is 19.3 Å². The van der Waals surface area contributed by atoms with Crippen molar-refractivity contribution in [3.05, 3.63) is 30.1 Å². The average Bonchev–Trinajstić information content (AvgIpc) is 2.65. The molecule has 0 aromatic carbocycles. The molecule has 0 unspecified atom stereocenters. The maximum atomic E-state index is 12.5. The molecule has 2 heterocycles. The Balaban J connectivity index is 0.00000182. The maximum Gasteiger partial charge on any atom is 0.220 e. The molecule has 0 bridgehead atoms. The molecule has 0 atom stereocenters. The van der Waals surface area contributed by atoms with Crippen molar-refractivity contribution in [1.82, 2.24) is 15.2 Å². The van der Waals surface area contributed by atoms with Gasteiger partial charge in [0.15, 0.2) is 0 Å². The Hall–Kier alpha value is -0.880. The zero-order valence-electron chi connectivity index (χ0n) is 16.1. The lowest BCUT2D eigenvalue weighted by Crippen LogP contribution is -2.46. The monoisotopic (exact) mass is 416 g/mol. The van der Waals surface area contributed by atoms with E-state index < -0.39 is 0 Å². The van der Waals surface area contributed by atoms with E-state index in [1.54, 1.807) is 0 Å². The highest BCUT2D eigenvalue weighted by Gasteiger charge is 2.33. The number of nitrogens with one attached hydrogen (secondary N) is 1. The number of aromatic nitrogens is 1. The van der Waals surface area contributed by atoms with Crippen molar-refractivity contribution in [3.8, 4) is 0 Å². The maximum absolute atomic E-state index is 12.5. The number of hydrogen-bond donors (Lipinski definition) is 2. The molecule has 7 heteroatoms. The van der Waals surface area contributed by atoms with Crippen LogP contribution in [-0.2, 0) is 11.3 Å². The van der Waals surface area contributed by atoms with E-state index in [1.165, 1.54) is 24.8 Å². The normalized spacial score (nSPS) is 20.2. The van der Waals surface area contributed by atoms with Gasteiger partial charge in [0.25, 0.3) is 0 Å². The Morgan fingerprint density at radius 2 is 1.78 bits per heavy atom. The number of halogens is 2. The first kappa shape index (κ1) is 24.2. The second kappa shape index (κ2) is 11.8. The van der Waals surface area contributed by atoms with Gasteiger partial charge in [-0.05, 0) is 55.3 Å². The Labute approximate surface area is 175 Å². The Kier molecular flexibility index (Phi) is 10.6. The van der Waals surface area contributed by atoms with Crippen LogP contribution in [0.25, 0.3) is 0 Å². The molecule has 154 valence electrons. The first-order valence-corrected chi connectivity index (χ1v) is 9.80. The van der Waals surface area contributed by atoms with Gasteiger partial charge in [-0.15, -0.1) is 24.8 Å². The molecule has 2 fully saturated rings. The molecule has 27 heavy (non-hydrogen) atoms. The van der Waals surface area contributed by atoms with Crippen LogP contribution in [0.5, 0.6) is 0 Å². The highest BCUT2D eigenvalue weighted by atomic mass is 35.5. The first-order valence-electron chi connectivity index (χ1n) is 9.80. The second-order valence-electron chi connectivity index (χ2n) is 7.91. The van der Waals surface area contributed by atoms with E-state index in [0.717, 1.165) is 45.3 Å². The third-order valence-electron chi connectivity index (χ3n) is 5.99. The van der Waals surface area contributed by atoms with E-state index in [2.05, 4.69) is 27.3 Å². The second-order valence-corrected chi connectivity index (χ2v) is 7.91. The molecule has 0 radical (unpaired) electrons. The number of nitrogens with zero attached hydrogens (tertiary/aromatic N) is 2. The van der Waals surface area contributed by atoms with E-state index in [1.807, 2.05) is 12.4 Å². The van der Waals surface area contributed by atoms with Crippen molar-refractivity contribution in [2.45, 2.75) is 64.0 Å². The minimum absolute atomic E-state index is 0. The lowest BCUT2D eigenvalue weighted by atomic mass is 9.71. The minimum Gasteiger partial charge on any atom is -0.353 e. The summed E-state index contributed by atoms with van der Waals surface area (Å²) in [6.45, 7) is 3.69. The zero-order chi connectivity index (χ0) is 17.5. The van der Waals surface area contributed by atoms with Gasteiger partial charge in [0.05, 0.1) is 0 Å². The lowest BCUT2D eigenvalue weighted by molar-refractivity contribution is -0.124. The fourth-order valence-electron chi connectivity index (χ4n) is 4.36. The molecule has 1 amide bonds. The Morgan fingerprint density at radius 3 is 2.37 bits per heavy atom. The third kappa shape index (κ3) is 7.22. The van der Waals surface area contributed by atoms with E-state index in [0.29, 0.717) is 19.0 Å². The van der Waals surface area contributed by atoms with Crippen LogP contribution in [0.2, 0.25) is 0 Å². The SMILES string of the molecule is Cl.Cl.NCC1(CC(=O)NC2CCN(Cc3ccncc3)CC2)CCCCC1. The molecule has 0 spiro atoms. The van der Waals surface area contributed by atoms with Gasteiger partial charge in [-0.3, -0.25) is 14.7 Å². The largest absolute Gasteiger partial charge is 0.353 e. The van der Waals surface area contributed by atoms with E-state index in [9.17, 15) is 4.79 Å². The molecular formula is C20H34Cl2N4O. The average molecular weight is 417 g/mol. The fraction of sp³-hybridized carbons (Fsp3) is 0.700. The molecule has 1 saturated carbocycles. The fourth-order valence-corrected chi connectivity index (χ4v) is 4.36. The van der Waals surface area contributed by atoms with Crippen LogP contribution in [0, 0.1) is 5.41 Å². The molecule has 5 nitrogen and oxygen atoms in total. The molecule has 1 aromatic rings. The number of pyridine rings is 1. The van der Waals surface area contributed by atoms with Crippen LogP contribution in [-0.4, -0.2) is 41.5 Å². The Morgan fingerprint density at radius 1 is 1.15 bits per heavy atom. The summed E-state index contributed by atoms with van der Waals surface area (Å²) in [6.07, 6.45) is 12.3. The summed E-state index contributed by atoms with van der Waals surface area (Å²) < 4.78 is 0. The van der Waals surface area contributed by atoms with Crippen molar-refractivity contribution in [2.75, 3.05) is 19.6 Å². The number of carbonyl (C=O) groups is 1. The zero-order valence-corrected chi connectivity index (χ0v) is 17.7. The van der Waals surface area contributed by atoms with Crippen LogP contribution >= 0.6 is 24.8 Å². The van der Waals surface area contributed by atoms with E-state index >= 15 is 0 Å². The standard InChI is InChI=1S/C20H32N4O.2ClH/c21-16-20(8-2-1-3-9-20)14-19(25)23-18-6-12-24(13-7-18)15-17-4-10-22-11-5-17;;/h4-5,10-11,18H,1-3,6-9,12-16,21H2,(H,23,25);2*1H. The van der Waals surface area contributed by atoms with Gasteiger partial charge >= 0.3 is 0 Å². The molecule has 3 rings (SSSR count). The number of piperidine rings is 1. The van der Waals surface area contributed by atoms with Gasteiger partial charge in [-0.25, -0.2) is 0 Å². The minimum atomic E-state index is 0. The number of likely N-dealkylation sites (tertiary alicyclic amines) is 1. The number of rotatable bonds is 6. The van der Waals surface area contributed by atoms with Crippen LogP contribution in [0.15, 0.2) is 24.5 Å². The number of hydrogen-bond acceptors (Lipinski definition) is 4. The summed E-state index contributed by atoms with van der Waals surface area (Å²) in [7, 11) is 0. The molecule has 2 aliphatic rings. The van der Waals surface area contributed by atoms with Crippen LogP contribution < -0.4 is 11.1 Å². The summed E-state index contributed by atoms with van der Waals surface area (Å²) in [5.74, 6) is 0.208. The molecule has 1 aromatic heterocycles. The highest BCUT2D eigenvalue weighted by Crippen LogP contribution is 2.38. The van der Waals surface area contributed by atoms with Crippen LogP contribution in [0.1, 0.15) is 56.9 Å². The Bertz CT molecular complexity index is 544. The summed E-state index contributed by atoms with van der Waals surface area (Å²) in [5, 5.41) is 3.28. The summed E-state index contributed by atoms with van der Waals surface area (Å²) in [4.78, 5) is 19.1. The van der Waals surface area contributed by atoms with E-state index in [4.69, 9.17) is 5.73 Å². The van der Waals surface area contributed by atoms with Gasteiger partial charge in [0.1, 0.15) is 0 Å². The topological polar surface area (TPSA) is 71.2 Å².